The first-order chi connectivity index (χ1) is 13.3. The molecule has 3 rings (SSSR count). The van der Waals surface area contributed by atoms with Crippen molar-refractivity contribution in [2.45, 2.75) is 58.5 Å². The summed E-state index contributed by atoms with van der Waals surface area (Å²) in [6.45, 7) is 6.68. The van der Waals surface area contributed by atoms with Crippen molar-refractivity contribution in [1.29, 1.82) is 0 Å². The second-order valence-electron chi connectivity index (χ2n) is 9.12. The Morgan fingerprint density at radius 2 is 1.57 bits per heavy atom. The lowest BCUT2D eigenvalue weighted by molar-refractivity contribution is -0.148. The highest BCUT2D eigenvalue weighted by atomic mass is 28.3. The largest absolute Gasteiger partial charge is 0.481 e. The zero-order valence-electron chi connectivity index (χ0n) is 17.2. The van der Waals surface area contributed by atoms with Crippen molar-refractivity contribution in [2.24, 2.45) is 11.3 Å². The SMILES string of the molecule is CC(C)(C)[C@H]1CCCC[C@]1(CC(=O)O)O[SiH](c1ccccc1)c1ccccc1. The first kappa shape index (κ1) is 20.8. The lowest BCUT2D eigenvalue weighted by atomic mass is 9.63. The fraction of sp³-hybridized carbons (Fsp3) is 0.458. The Balaban J connectivity index is 2.06. The molecule has 0 radical (unpaired) electrons. The van der Waals surface area contributed by atoms with Crippen molar-refractivity contribution in [3.63, 3.8) is 0 Å². The molecule has 0 saturated heterocycles. The third-order valence-corrected chi connectivity index (χ3v) is 8.72. The van der Waals surface area contributed by atoms with E-state index in [1.807, 2.05) is 36.4 Å². The van der Waals surface area contributed by atoms with Crippen LogP contribution in [0, 0.1) is 11.3 Å². The Labute approximate surface area is 170 Å². The summed E-state index contributed by atoms with van der Waals surface area (Å²) < 4.78 is 7.06. The number of carboxylic acids is 1. The molecule has 0 aromatic heterocycles. The lowest BCUT2D eigenvalue weighted by Gasteiger charge is -2.51. The van der Waals surface area contributed by atoms with Gasteiger partial charge in [0.25, 0.3) is 0 Å². The van der Waals surface area contributed by atoms with E-state index >= 15 is 0 Å². The summed E-state index contributed by atoms with van der Waals surface area (Å²) in [5, 5.41) is 12.2. The smallest absolute Gasteiger partial charge is 0.306 e. The van der Waals surface area contributed by atoms with Gasteiger partial charge in [-0.3, -0.25) is 4.79 Å². The van der Waals surface area contributed by atoms with Crippen molar-refractivity contribution in [2.75, 3.05) is 0 Å². The van der Waals surface area contributed by atoms with E-state index in [1.54, 1.807) is 0 Å². The molecule has 1 aliphatic rings. The topological polar surface area (TPSA) is 46.5 Å². The minimum atomic E-state index is -2.02. The molecule has 1 saturated carbocycles. The summed E-state index contributed by atoms with van der Waals surface area (Å²) in [5.41, 5.74) is -0.604. The van der Waals surface area contributed by atoms with Crippen molar-refractivity contribution in [3.8, 4) is 0 Å². The van der Waals surface area contributed by atoms with Crippen LogP contribution in [0.2, 0.25) is 0 Å². The molecule has 0 amide bonds. The molecule has 0 bridgehead atoms. The molecule has 4 heteroatoms. The van der Waals surface area contributed by atoms with E-state index in [1.165, 1.54) is 10.4 Å². The summed E-state index contributed by atoms with van der Waals surface area (Å²) in [6, 6.07) is 20.8. The van der Waals surface area contributed by atoms with E-state index in [9.17, 15) is 9.90 Å². The minimum Gasteiger partial charge on any atom is -0.481 e. The predicted octanol–water partition coefficient (Wildman–Crippen LogP) is 3.99. The van der Waals surface area contributed by atoms with E-state index in [4.69, 9.17) is 4.43 Å². The fourth-order valence-corrected chi connectivity index (χ4v) is 7.54. The highest BCUT2D eigenvalue weighted by Crippen LogP contribution is 2.48. The molecular weight excluding hydrogens is 364 g/mol. The number of rotatable bonds is 6. The number of aliphatic carboxylic acids is 1. The van der Waals surface area contributed by atoms with Crippen molar-refractivity contribution in [3.05, 3.63) is 60.7 Å². The second kappa shape index (κ2) is 8.62. The Morgan fingerprint density at radius 1 is 1.04 bits per heavy atom. The third-order valence-electron chi connectivity index (χ3n) is 6.03. The zero-order valence-corrected chi connectivity index (χ0v) is 18.4. The third kappa shape index (κ3) is 4.73. The molecule has 1 fully saturated rings. The van der Waals surface area contributed by atoms with Gasteiger partial charge in [0.15, 0.2) is 0 Å². The maximum atomic E-state index is 11.9. The number of carboxylic acid groups (broad SMARTS) is 1. The first-order valence-electron chi connectivity index (χ1n) is 10.3. The maximum absolute atomic E-state index is 11.9. The molecule has 0 spiro atoms. The molecule has 3 nitrogen and oxygen atoms in total. The van der Waals surface area contributed by atoms with E-state index in [2.05, 4.69) is 45.0 Å². The van der Waals surface area contributed by atoms with E-state index in [0.29, 0.717) is 0 Å². The fourth-order valence-electron chi connectivity index (χ4n) is 4.90. The standard InChI is InChI=1S/C24H32O3Si/c1-23(2,3)21-16-10-11-17-24(21,18-22(25)26)27-28(19-12-6-4-7-13-19)20-14-8-5-9-15-20/h4-9,12-15,21,28H,10-11,16-18H2,1-3H3,(H,25,26)/t21-,24-/m1/s1. The highest BCUT2D eigenvalue weighted by Gasteiger charge is 2.49. The molecule has 2 atom stereocenters. The maximum Gasteiger partial charge on any atom is 0.306 e. The van der Waals surface area contributed by atoms with Crippen molar-refractivity contribution in [1.82, 2.24) is 0 Å². The average molecular weight is 397 g/mol. The van der Waals surface area contributed by atoms with Gasteiger partial charge < -0.3 is 9.53 Å². The summed E-state index contributed by atoms with van der Waals surface area (Å²) in [4.78, 5) is 11.9. The van der Waals surface area contributed by atoms with Gasteiger partial charge in [-0.1, -0.05) is 94.3 Å². The number of hydrogen-bond acceptors (Lipinski definition) is 2. The van der Waals surface area contributed by atoms with Crippen LogP contribution in [0.15, 0.2) is 60.7 Å². The summed E-state index contributed by atoms with van der Waals surface area (Å²) >= 11 is 0. The normalized spacial score (nSPS) is 22.9. The van der Waals surface area contributed by atoms with Crippen LogP contribution in [-0.2, 0) is 9.22 Å². The van der Waals surface area contributed by atoms with Crippen LogP contribution >= 0.6 is 0 Å². The average Bonchev–Trinajstić information content (AvgIpc) is 2.66. The van der Waals surface area contributed by atoms with E-state index in [0.717, 1.165) is 25.7 Å². The van der Waals surface area contributed by atoms with Gasteiger partial charge in [-0.25, -0.2) is 0 Å². The molecule has 1 N–H and O–H groups in total. The van der Waals surface area contributed by atoms with E-state index in [-0.39, 0.29) is 17.8 Å². The Kier molecular flexibility index (Phi) is 6.41. The number of carbonyl (C=O) groups is 1. The van der Waals surface area contributed by atoms with Gasteiger partial charge in [0.1, 0.15) is 0 Å². The van der Waals surface area contributed by atoms with Crippen LogP contribution < -0.4 is 10.4 Å². The molecule has 1 aliphatic carbocycles. The zero-order chi connectivity index (χ0) is 20.2. The summed E-state index contributed by atoms with van der Waals surface area (Å²) in [6.07, 6.45) is 4.12. The second-order valence-corrected chi connectivity index (χ2v) is 11.4. The Bertz CT molecular complexity index is 730. The summed E-state index contributed by atoms with van der Waals surface area (Å²) in [7, 11) is -2.02. The Morgan fingerprint density at radius 3 is 2.04 bits per heavy atom. The summed E-state index contributed by atoms with van der Waals surface area (Å²) in [5.74, 6) is -0.530. The highest BCUT2D eigenvalue weighted by molar-refractivity contribution is 6.80. The molecule has 150 valence electrons. The molecule has 2 aromatic rings. The molecule has 28 heavy (non-hydrogen) atoms. The van der Waals surface area contributed by atoms with Gasteiger partial charge in [-0.15, -0.1) is 0 Å². The van der Waals surface area contributed by atoms with Crippen LogP contribution in [0.3, 0.4) is 0 Å². The first-order valence-corrected chi connectivity index (χ1v) is 11.9. The van der Waals surface area contributed by atoms with Gasteiger partial charge >= 0.3 is 5.97 Å². The van der Waals surface area contributed by atoms with Gasteiger partial charge in [-0.2, -0.15) is 0 Å². The lowest BCUT2D eigenvalue weighted by Crippen LogP contribution is -2.58. The monoisotopic (exact) mass is 396 g/mol. The Hall–Kier alpha value is -1.91. The molecule has 0 aliphatic heterocycles. The van der Waals surface area contributed by atoms with Gasteiger partial charge in [0, 0.05) is 0 Å². The van der Waals surface area contributed by atoms with Crippen LogP contribution in [0.1, 0.15) is 52.9 Å². The minimum absolute atomic E-state index is 0.00218. The van der Waals surface area contributed by atoms with Crippen LogP contribution in [-0.4, -0.2) is 25.7 Å². The van der Waals surface area contributed by atoms with Crippen LogP contribution in [0.25, 0.3) is 0 Å². The van der Waals surface area contributed by atoms with Crippen molar-refractivity contribution >= 4 is 25.4 Å². The van der Waals surface area contributed by atoms with Crippen molar-refractivity contribution < 1.29 is 14.3 Å². The molecule has 2 aromatic carbocycles. The predicted molar refractivity (Wildman–Crippen MR) is 117 cm³/mol. The molecular formula is C24H32O3Si. The van der Waals surface area contributed by atoms with E-state index < -0.39 is 20.6 Å². The quantitative estimate of drug-likeness (QED) is 0.751. The molecule has 0 heterocycles. The van der Waals surface area contributed by atoms with Gasteiger partial charge in [0.2, 0.25) is 9.04 Å². The van der Waals surface area contributed by atoms with Gasteiger partial charge in [0.05, 0.1) is 12.0 Å². The molecule has 0 unspecified atom stereocenters. The number of benzene rings is 2. The van der Waals surface area contributed by atoms with Crippen LogP contribution in [0.4, 0.5) is 0 Å². The number of hydrogen-bond donors (Lipinski definition) is 1. The van der Waals surface area contributed by atoms with Gasteiger partial charge in [-0.05, 0) is 34.5 Å². The van der Waals surface area contributed by atoms with Crippen LogP contribution in [0.5, 0.6) is 0 Å².